The lowest BCUT2D eigenvalue weighted by Gasteiger charge is -1.98. The third-order valence-corrected chi connectivity index (χ3v) is 3.58. The number of rotatable bonds is 5. The number of carbonyl (C=O) groups is 1. The summed E-state index contributed by atoms with van der Waals surface area (Å²) in [5.41, 5.74) is 0.876. The van der Waals surface area contributed by atoms with E-state index in [1.54, 1.807) is 12.3 Å². The molecule has 0 aliphatic heterocycles. The van der Waals surface area contributed by atoms with E-state index >= 15 is 0 Å². The number of carbonyl (C=O) groups excluding carboxylic acids is 1. The van der Waals surface area contributed by atoms with Crippen LogP contribution in [0.15, 0.2) is 30.5 Å². The van der Waals surface area contributed by atoms with Crippen molar-refractivity contribution in [2.24, 2.45) is 0 Å². The van der Waals surface area contributed by atoms with Crippen LogP contribution in [0, 0.1) is 10.1 Å². The van der Waals surface area contributed by atoms with Crippen molar-refractivity contribution in [1.82, 2.24) is 4.98 Å². The van der Waals surface area contributed by atoms with Crippen molar-refractivity contribution in [2.45, 2.75) is 6.42 Å². The molecule has 2 rings (SSSR count). The zero-order valence-corrected chi connectivity index (χ0v) is 11.8. The molecule has 0 spiro atoms. The third kappa shape index (κ3) is 3.75. The summed E-state index contributed by atoms with van der Waals surface area (Å²) in [6.07, 6.45) is 2.16. The van der Waals surface area contributed by atoms with Crippen LogP contribution < -0.4 is 5.32 Å². The van der Waals surface area contributed by atoms with E-state index in [9.17, 15) is 14.9 Å². The highest BCUT2D eigenvalue weighted by molar-refractivity contribution is 7.15. The highest BCUT2D eigenvalue weighted by atomic mass is 35.5. The maximum absolute atomic E-state index is 11.1. The second-order valence-electron chi connectivity index (χ2n) is 3.92. The van der Waals surface area contributed by atoms with Gasteiger partial charge >= 0.3 is 0 Å². The molecule has 2 aromatic rings. The first-order valence-corrected chi connectivity index (χ1v) is 6.97. The van der Waals surface area contributed by atoms with Gasteiger partial charge in [-0.05, 0) is 5.56 Å². The highest BCUT2D eigenvalue weighted by Gasteiger charge is 2.09. The average molecular weight is 312 g/mol. The number of amides is 1. The maximum atomic E-state index is 11.1. The molecule has 1 aromatic heterocycles. The van der Waals surface area contributed by atoms with Crippen molar-refractivity contribution < 1.29 is 9.72 Å². The molecule has 0 saturated carbocycles. The lowest BCUT2D eigenvalue weighted by Crippen LogP contribution is -2.11. The molecule has 1 aromatic carbocycles. The van der Waals surface area contributed by atoms with Crippen molar-refractivity contribution >= 4 is 39.7 Å². The lowest BCUT2D eigenvalue weighted by atomic mass is 10.1. The molecule has 104 valence electrons. The van der Waals surface area contributed by atoms with Gasteiger partial charge in [-0.1, -0.05) is 12.1 Å². The zero-order chi connectivity index (χ0) is 14.5. The van der Waals surface area contributed by atoms with E-state index in [2.05, 4.69) is 10.3 Å². The fourth-order valence-electron chi connectivity index (χ4n) is 1.58. The Balaban J connectivity index is 2.08. The van der Waals surface area contributed by atoms with Gasteiger partial charge in [0.1, 0.15) is 5.88 Å². The number of nitro groups is 1. The number of nitro benzene ring substituents is 1. The first-order chi connectivity index (χ1) is 9.58. The summed E-state index contributed by atoms with van der Waals surface area (Å²) in [5, 5.41) is 13.7. The van der Waals surface area contributed by atoms with Gasteiger partial charge in [-0.25, -0.2) is 4.98 Å². The Morgan fingerprint density at radius 3 is 3.00 bits per heavy atom. The van der Waals surface area contributed by atoms with Gasteiger partial charge < -0.3 is 5.32 Å². The smallest absolute Gasteiger partial charge is 0.269 e. The number of alkyl halides is 1. The second-order valence-corrected chi connectivity index (χ2v) is 5.30. The van der Waals surface area contributed by atoms with Crippen molar-refractivity contribution in [3.8, 4) is 0 Å². The van der Waals surface area contributed by atoms with Crippen LogP contribution in [-0.2, 0) is 11.2 Å². The number of nitrogens with zero attached hydrogens (tertiary/aromatic N) is 2. The molecule has 0 atom stereocenters. The van der Waals surface area contributed by atoms with Gasteiger partial charge in [-0.2, -0.15) is 0 Å². The largest absolute Gasteiger partial charge is 0.301 e. The van der Waals surface area contributed by atoms with Crippen LogP contribution in [0.5, 0.6) is 0 Å². The molecule has 1 heterocycles. The number of hydrogen-bond acceptors (Lipinski definition) is 5. The minimum absolute atomic E-state index is 0.0580. The molecular formula is C12H10ClN3O3S. The molecule has 1 amide bonds. The Bertz CT molecular complexity index is 644. The van der Waals surface area contributed by atoms with Crippen molar-refractivity contribution in [3.63, 3.8) is 0 Å². The molecule has 0 bridgehead atoms. The van der Waals surface area contributed by atoms with Crippen LogP contribution in [0.1, 0.15) is 10.4 Å². The van der Waals surface area contributed by atoms with Gasteiger partial charge in [-0.15, -0.1) is 22.9 Å². The second kappa shape index (κ2) is 6.44. The van der Waals surface area contributed by atoms with Crippen LogP contribution in [0.25, 0.3) is 0 Å². The topological polar surface area (TPSA) is 85.1 Å². The fraction of sp³-hybridized carbons (Fsp3) is 0.167. The van der Waals surface area contributed by atoms with Gasteiger partial charge in [0.25, 0.3) is 5.69 Å². The molecule has 1 N–H and O–H groups in total. The zero-order valence-electron chi connectivity index (χ0n) is 10.2. The number of aromatic nitrogens is 1. The normalized spacial score (nSPS) is 10.2. The molecule has 20 heavy (non-hydrogen) atoms. The predicted octanol–water partition coefficient (Wildman–Crippen LogP) is 2.82. The van der Waals surface area contributed by atoms with E-state index in [1.165, 1.54) is 23.5 Å². The van der Waals surface area contributed by atoms with E-state index in [-0.39, 0.29) is 17.5 Å². The number of nitrogens with one attached hydrogen (secondary N) is 1. The molecule has 8 heteroatoms. The maximum Gasteiger partial charge on any atom is 0.269 e. The van der Waals surface area contributed by atoms with Crippen molar-refractivity contribution in [3.05, 3.63) is 51.0 Å². The van der Waals surface area contributed by atoms with Crippen LogP contribution >= 0.6 is 22.9 Å². The van der Waals surface area contributed by atoms with E-state index in [1.807, 2.05) is 6.07 Å². The Hall–Kier alpha value is -1.99. The molecule has 0 saturated heterocycles. The first-order valence-electron chi connectivity index (χ1n) is 5.62. The number of thiazole rings is 1. The number of non-ortho nitro benzene ring substituents is 1. The lowest BCUT2D eigenvalue weighted by molar-refractivity contribution is -0.384. The summed E-state index contributed by atoms with van der Waals surface area (Å²) < 4.78 is 0. The quantitative estimate of drug-likeness (QED) is 0.522. The standard InChI is InChI=1S/C12H10ClN3O3S/c13-6-11(17)15-12-14-7-10(20-12)5-8-2-1-3-9(4-8)16(18)19/h1-4,7H,5-6H2,(H,14,15,17). The predicted molar refractivity (Wildman–Crippen MR) is 77.4 cm³/mol. The molecule has 0 aliphatic rings. The molecule has 0 unspecified atom stereocenters. The molecule has 0 aliphatic carbocycles. The van der Waals surface area contributed by atoms with E-state index in [0.717, 1.165) is 10.4 Å². The summed E-state index contributed by atoms with van der Waals surface area (Å²) in [6, 6.07) is 6.42. The van der Waals surface area contributed by atoms with Crippen LogP contribution in [0.2, 0.25) is 0 Å². The van der Waals surface area contributed by atoms with Gasteiger partial charge in [0.2, 0.25) is 5.91 Å². The van der Waals surface area contributed by atoms with Crippen LogP contribution in [-0.4, -0.2) is 21.7 Å². The van der Waals surface area contributed by atoms with E-state index < -0.39 is 4.92 Å². The van der Waals surface area contributed by atoms with Gasteiger partial charge in [0.15, 0.2) is 5.13 Å². The fourth-order valence-corrected chi connectivity index (χ4v) is 2.51. The Morgan fingerprint density at radius 1 is 1.50 bits per heavy atom. The van der Waals surface area contributed by atoms with Crippen molar-refractivity contribution in [1.29, 1.82) is 0 Å². The van der Waals surface area contributed by atoms with Crippen molar-refractivity contribution in [2.75, 3.05) is 11.2 Å². The average Bonchev–Trinajstić information content (AvgIpc) is 2.86. The van der Waals surface area contributed by atoms with E-state index in [4.69, 9.17) is 11.6 Å². The third-order valence-electron chi connectivity index (χ3n) is 2.42. The summed E-state index contributed by atoms with van der Waals surface area (Å²) >= 11 is 6.70. The molecule has 0 fully saturated rings. The molecular weight excluding hydrogens is 302 g/mol. The van der Waals surface area contributed by atoms with Gasteiger partial charge in [0.05, 0.1) is 4.92 Å². The highest BCUT2D eigenvalue weighted by Crippen LogP contribution is 2.22. The minimum atomic E-state index is -0.428. The minimum Gasteiger partial charge on any atom is -0.301 e. The summed E-state index contributed by atoms with van der Waals surface area (Å²) in [4.78, 5) is 26.3. The van der Waals surface area contributed by atoms with E-state index in [0.29, 0.717) is 11.6 Å². The Kier molecular flexibility index (Phi) is 4.65. The van der Waals surface area contributed by atoms with Gasteiger partial charge in [0, 0.05) is 29.6 Å². The Labute approximate surface area is 123 Å². The summed E-state index contributed by atoms with van der Waals surface area (Å²) in [7, 11) is 0. The summed E-state index contributed by atoms with van der Waals surface area (Å²) in [6.45, 7) is 0. The number of halogens is 1. The number of hydrogen-bond donors (Lipinski definition) is 1. The Morgan fingerprint density at radius 2 is 2.30 bits per heavy atom. The number of benzene rings is 1. The monoisotopic (exact) mass is 311 g/mol. The SMILES string of the molecule is O=C(CCl)Nc1ncc(Cc2cccc([N+](=O)[O-])c2)s1. The molecule has 0 radical (unpaired) electrons. The van der Waals surface area contributed by atoms with Crippen LogP contribution in [0.4, 0.5) is 10.8 Å². The molecule has 6 nitrogen and oxygen atoms in total. The van der Waals surface area contributed by atoms with Crippen LogP contribution in [0.3, 0.4) is 0 Å². The van der Waals surface area contributed by atoms with Gasteiger partial charge in [-0.3, -0.25) is 14.9 Å². The first kappa shape index (κ1) is 14.4. The summed E-state index contributed by atoms with van der Waals surface area (Å²) in [5.74, 6) is -0.442. The number of anilines is 1.